The van der Waals surface area contributed by atoms with Crippen molar-refractivity contribution in [3.63, 3.8) is 0 Å². The number of phosphoric ester groups is 1. The van der Waals surface area contributed by atoms with Crippen molar-refractivity contribution in [3.05, 3.63) is 25.3 Å². The maximum atomic E-state index is 13.2. The molecule has 0 spiro atoms. The number of fused-ring (bicyclic) bond motifs is 1. The Morgan fingerprint density at radius 2 is 1.58 bits per heavy atom. The summed E-state index contributed by atoms with van der Waals surface area (Å²) in [6.45, 7) is 17.9. The van der Waals surface area contributed by atoms with Crippen LogP contribution in [-0.2, 0) is 18.2 Å². The van der Waals surface area contributed by atoms with Gasteiger partial charge in [0.05, 0.1) is 24.3 Å². The highest BCUT2D eigenvalue weighted by atomic mass is 31.2. The Labute approximate surface area is 157 Å². The molecule has 0 saturated carbocycles. The van der Waals surface area contributed by atoms with Crippen LogP contribution in [0.5, 0.6) is 0 Å². The molecule has 0 aliphatic carbocycles. The van der Waals surface area contributed by atoms with E-state index < -0.39 is 7.82 Å². The normalized spacial score (nSPS) is 27.4. The van der Waals surface area contributed by atoms with Gasteiger partial charge in [-0.15, -0.1) is 13.2 Å². The first-order valence-corrected chi connectivity index (χ1v) is 10.6. The number of rotatable bonds is 8. The molecule has 0 aromatic carbocycles. The third-order valence-corrected chi connectivity index (χ3v) is 6.44. The van der Waals surface area contributed by atoms with E-state index in [1.54, 1.807) is 5.06 Å². The van der Waals surface area contributed by atoms with Crippen LogP contribution in [0.25, 0.3) is 0 Å². The molecule has 0 radical (unpaired) electrons. The van der Waals surface area contributed by atoms with Gasteiger partial charge in [0.15, 0.2) is 0 Å². The van der Waals surface area contributed by atoms with E-state index in [2.05, 4.69) is 47.8 Å². The van der Waals surface area contributed by atoms with Crippen molar-refractivity contribution in [2.45, 2.75) is 71.4 Å². The Hall–Kier alpha value is -0.940. The van der Waals surface area contributed by atoms with Crippen LogP contribution in [0.3, 0.4) is 0 Å². The molecule has 1 atom stereocenters. The summed E-state index contributed by atoms with van der Waals surface area (Å²) in [4.78, 5) is 4.97. The van der Waals surface area contributed by atoms with Gasteiger partial charge in [-0.2, -0.15) is 4.62 Å². The van der Waals surface area contributed by atoms with Gasteiger partial charge in [-0.1, -0.05) is 19.1 Å². The maximum Gasteiger partial charge on any atom is 0.497 e. The van der Waals surface area contributed by atoms with Crippen molar-refractivity contribution >= 4 is 13.7 Å². The molecule has 6 nitrogen and oxygen atoms in total. The fraction of sp³-hybridized carbons (Fsp3) is 0.737. The molecule has 2 heterocycles. The van der Waals surface area contributed by atoms with Crippen LogP contribution in [0.2, 0.25) is 0 Å². The molecule has 2 aliphatic rings. The lowest BCUT2D eigenvalue weighted by Gasteiger charge is -2.53. The van der Waals surface area contributed by atoms with E-state index in [0.29, 0.717) is 0 Å². The second-order valence-corrected chi connectivity index (χ2v) is 10.2. The highest BCUT2D eigenvalue weighted by molar-refractivity contribution is 7.48. The Bertz CT molecular complexity index is 613. The Balaban J connectivity index is 2.40. The quantitative estimate of drug-likeness (QED) is 0.421. The van der Waals surface area contributed by atoms with E-state index in [-0.39, 0.29) is 29.7 Å². The highest BCUT2D eigenvalue weighted by Crippen LogP contribution is 2.55. The van der Waals surface area contributed by atoms with Crippen LogP contribution in [0, 0.1) is 5.41 Å². The van der Waals surface area contributed by atoms with Gasteiger partial charge < -0.3 is 0 Å². The number of hydrogen-bond acceptors (Lipinski definition) is 6. The number of aliphatic imine (C=N–C) groups is 1. The number of hydroxylamine groups is 2. The molecule has 26 heavy (non-hydrogen) atoms. The molecule has 7 heteroatoms. The summed E-state index contributed by atoms with van der Waals surface area (Å²) in [5, 5.41) is 1.68. The van der Waals surface area contributed by atoms with Gasteiger partial charge in [0, 0.05) is 5.41 Å². The second-order valence-electron chi connectivity index (χ2n) is 8.61. The summed E-state index contributed by atoms with van der Waals surface area (Å²) in [7, 11) is -3.83. The molecular weight excluding hydrogens is 351 g/mol. The van der Waals surface area contributed by atoms with E-state index >= 15 is 0 Å². The molecule has 1 fully saturated rings. The molecule has 0 aromatic heterocycles. The third-order valence-electron chi connectivity index (χ3n) is 5.15. The van der Waals surface area contributed by atoms with E-state index in [0.717, 1.165) is 31.5 Å². The lowest BCUT2D eigenvalue weighted by Crippen LogP contribution is -2.59. The van der Waals surface area contributed by atoms with Crippen LogP contribution in [0.4, 0.5) is 0 Å². The van der Waals surface area contributed by atoms with Crippen molar-refractivity contribution in [1.29, 1.82) is 0 Å². The van der Waals surface area contributed by atoms with Crippen LogP contribution in [-0.4, -0.2) is 35.2 Å². The van der Waals surface area contributed by atoms with Gasteiger partial charge >= 0.3 is 7.82 Å². The number of amidine groups is 1. The average Bonchev–Trinajstić information content (AvgIpc) is 2.56. The van der Waals surface area contributed by atoms with Crippen LogP contribution >= 0.6 is 7.82 Å². The number of piperidine rings is 1. The van der Waals surface area contributed by atoms with Gasteiger partial charge in [-0.05, 0) is 53.4 Å². The predicted octanol–water partition coefficient (Wildman–Crippen LogP) is 5.28. The summed E-state index contributed by atoms with van der Waals surface area (Å²) in [6.07, 6.45) is 6.96. The number of hydrogen-bond donors (Lipinski definition) is 0. The average molecular weight is 384 g/mol. The Morgan fingerprint density at radius 3 is 2.12 bits per heavy atom. The maximum absolute atomic E-state index is 13.2. The van der Waals surface area contributed by atoms with Gasteiger partial charge in [-0.25, -0.2) is 9.63 Å². The third kappa shape index (κ3) is 4.66. The minimum absolute atomic E-state index is 0.0674. The first kappa shape index (κ1) is 21.4. The summed E-state index contributed by atoms with van der Waals surface area (Å²) >= 11 is 0. The molecule has 0 bridgehead atoms. The fourth-order valence-electron chi connectivity index (χ4n) is 3.29. The molecule has 0 N–H and O–H groups in total. The van der Waals surface area contributed by atoms with Crippen molar-refractivity contribution < 1.29 is 18.2 Å². The SMILES string of the molecule is C=CCOP(=O)(OCC=C)ON1C2=NC(C)(C)CCC2(C)CCC1(C)C. The minimum atomic E-state index is -3.83. The summed E-state index contributed by atoms with van der Waals surface area (Å²) in [5.41, 5.74) is -0.666. The summed E-state index contributed by atoms with van der Waals surface area (Å²) in [5.74, 6) is 0.828. The lowest BCUT2D eigenvalue weighted by molar-refractivity contribution is -0.120. The smallest absolute Gasteiger partial charge is 0.281 e. The molecule has 2 rings (SSSR count). The van der Waals surface area contributed by atoms with Gasteiger partial charge in [0.25, 0.3) is 0 Å². The zero-order valence-electron chi connectivity index (χ0n) is 16.8. The van der Waals surface area contributed by atoms with Crippen LogP contribution < -0.4 is 0 Å². The van der Waals surface area contributed by atoms with Crippen molar-refractivity contribution in [2.24, 2.45) is 10.4 Å². The van der Waals surface area contributed by atoms with E-state index in [4.69, 9.17) is 18.7 Å². The van der Waals surface area contributed by atoms with Crippen molar-refractivity contribution in [3.8, 4) is 0 Å². The number of nitrogens with zero attached hydrogens (tertiary/aromatic N) is 2. The fourth-order valence-corrected chi connectivity index (χ4v) is 4.53. The first-order valence-electron chi connectivity index (χ1n) is 9.18. The first-order chi connectivity index (χ1) is 12.0. The zero-order valence-corrected chi connectivity index (χ0v) is 17.7. The predicted molar refractivity (Wildman–Crippen MR) is 105 cm³/mol. The second kappa shape index (κ2) is 7.59. The van der Waals surface area contributed by atoms with Gasteiger partial charge in [0.1, 0.15) is 5.84 Å². The molecule has 0 aromatic rings. The minimum Gasteiger partial charge on any atom is -0.281 e. The molecular formula is C19H33N2O4P. The van der Waals surface area contributed by atoms with Crippen LogP contribution in [0.1, 0.15) is 60.3 Å². The van der Waals surface area contributed by atoms with Crippen molar-refractivity contribution in [2.75, 3.05) is 13.2 Å². The van der Waals surface area contributed by atoms with E-state index in [9.17, 15) is 4.57 Å². The van der Waals surface area contributed by atoms with Crippen molar-refractivity contribution in [1.82, 2.24) is 5.06 Å². The summed E-state index contributed by atoms with van der Waals surface area (Å²) < 4.78 is 29.9. The van der Waals surface area contributed by atoms with Gasteiger partial charge in [0.2, 0.25) is 0 Å². The highest BCUT2D eigenvalue weighted by Gasteiger charge is 2.52. The largest absolute Gasteiger partial charge is 0.497 e. The molecule has 1 saturated heterocycles. The standard InChI is InChI=1S/C19H33N2O4P/c1-8-14-23-26(22,24-15-9-2)25-21-16-19(7,13-11-18(21,5)6)12-10-17(3,4)20-16/h8-9H,1-2,10-15H2,3-7H3. The molecule has 0 amide bonds. The topological polar surface area (TPSA) is 60.4 Å². The summed E-state index contributed by atoms with van der Waals surface area (Å²) in [6, 6.07) is 0. The number of phosphoric acid groups is 1. The molecule has 148 valence electrons. The Kier molecular flexibility index (Phi) is 6.23. The van der Waals surface area contributed by atoms with E-state index in [1.165, 1.54) is 12.2 Å². The molecule has 2 aliphatic heterocycles. The lowest BCUT2D eigenvalue weighted by atomic mass is 9.69. The van der Waals surface area contributed by atoms with E-state index in [1.807, 2.05) is 0 Å². The van der Waals surface area contributed by atoms with Crippen LogP contribution in [0.15, 0.2) is 30.3 Å². The zero-order chi connectivity index (χ0) is 19.6. The molecule has 1 unspecified atom stereocenters. The van der Waals surface area contributed by atoms with Gasteiger partial charge in [-0.3, -0.25) is 14.0 Å². The monoisotopic (exact) mass is 384 g/mol. The Morgan fingerprint density at radius 1 is 1.04 bits per heavy atom.